The number of esters is 1. The van der Waals surface area contributed by atoms with Gasteiger partial charge in [-0.15, -0.1) is 0 Å². The Morgan fingerprint density at radius 1 is 1.20 bits per heavy atom. The summed E-state index contributed by atoms with van der Waals surface area (Å²) in [4.78, 5) is 11.5. The third kappa shape index (κ3) is 1.30. The highest BCUT2D eigenvalue weighted by Crippen LogP contribution is 2.40. The number of cyclic esters (lactones) is 1. The van der Waals surface area contributed by atoms with Crippen molar-refractivity contribution in [3.63, 3.8) is 0 Å². The molecule has 0 amide bonds. The molecule has 1 aromatic rings. The van der Waals surface area contributed by atoms with E-state index in [1.807, 2.05) is 6.07 Å². The lowest BCUT2D eigenvalue weighted by molar-refractivity contribution is 0.0478. The molecule has 0 radical (unpaired) electrons. The van der Waals surface area contributed by atoms with Gasteiger partial charge in [0, 0.05) is 0 Å². The molecule has 2 aliphatic heterocycles. The second-order valence-electron chi connectivity index (χ2n) is 3.36. The minimum absolute atomic E-state index is 0.0275. The second kappa shape index (κ2) is 3.13. The van der Waals surface area contributed by atoms with Crippen LogP contribution < -0.4 is 9.47 Å². The van der Waals surface area contributed by atoms with Crippen LogP contribution in [0.15, 0.2) is 12.1 Å². The summed E-state index contributed by atoms with van der Waals surface area (Å²) in [5.74, 6) is 0.985. The predicted molar refractivity (Wildman–Crippen MR) is 54.5 cm³/mol. The lowest BCUT2D eigenvalue weighted by atomic mass is 10.0. The second-order valence-corrected chi connectivity index (χ2v) is 4.46. The summed E-state index contributed by atoms with van der Waals surface area (Å²) in [7, 11) is 0. The van der Waals surface area contributed by atoms with E-state index < -0.39 is 0 Å². The number of benzene rings is 1. The van der Waals surface area contributed by atoms with Gasteiger partial charge < -0.3 is 14.2 Å². The molecule has 2 heterocycles. The highest BCUT2D eigenvalue weighted by Gasteiger charge is 2.29. The molecule has 0 aliphatic carbocycles. The number of fused-ring (bicyclic) bond motifs is 2. The SMILES string of the molecule is O=C1OCC(Br)c2cc3c(cc21)OCO3. The quantitative estimate of drug-likeness (QED) is 0.535. The number of hydrogen-bond acceptors (Lipinski definition) is 4. The van der Waals surface area contributed by atoms with Crippen LogP contribution in [-0.4, -0.2) is 19.4 Å². The van der Waals surface area contributed by atoms with Crippen molar-refractivity contribution in [3.8, 4) is 11.5 Å². The summed E-state index contributed by atoms with van der Waals surface area (Å²) in [6.45, 7) is 0.561. The van der Waals surface area contributed by atoms with E-state index in [2.05, 4.69) is 15.9 Å². The van der Waals surface area contributed by atoms with Crippen LogP contribution in [0.5, 0.6) is 11.5 Å². The Bertz CT molecular complexity index is 443. The molecule has 5 heteroatoms. The van der Waals surface area contributed by atoms with Crippen LogP contribution in [0.3, 0.4) is 0 Å². The zero-order chi connectivity index (χ0) is 10.4. The number of hydrogen-bond donors (Lipinski definition) is 0. The Balaban J connectivity index is 2.19. The average Bonchev–Trinajstić information content (AvgIpc) is 2.69. The van der Waals surface area contributed by atoms with E-state index in [-0.39, 0.29) is 17.6 Å². The van der Waals surface area contributed by atoms with Crippen molar-refractivity contribution in [1.82, 2.24) is 0 Å². The lowest BCUT2D eigenvalue weighted by Gasteiger charge is -2.20. The van der Waals surface area contributed by atoms with E-state index in [4.69, 9.17) is 14.2 Å². The Hall–Kier alpha value is -1.23. The van der Waals surface area contributed by atoms with E-state index in [0.717, 1.165) is 5.56 Å². The predicted octanol–water partition coefficient (Wildman–Crippen LogP) is 2.02. The normalized spacial score (nSPS) is 22.2. The van der Waals surface area contributed by atoms with Crippen LogP contribution in [-0.2, 0) is 4.74 Å². The summed E-state index contributed by atoms with van der Waals surface area (Å²) in [6.07, 6.45) is 0. The van der Waals surface area contributed by atoms with Crippen molar-refractivity contribution in [1.29, 1.82) is 0 Å². The Morgan fingerprint density at radius 2 is 1.93 bits per heavy atom. The molecule has 78 valence electrons. The van der Waals surface area contributed by atoms with Crippen molar-refractivity contribution in [3.05, 3.63) is 23.3 Å². The molecule has 0 bridgehead atoms. The first-order valence-corrected chi connectivity index (χ1v) is 5.42. The van der Waals surface area contributed by atoms with E-state index in [0.29, 0.717) is 23.7 Å². The summed E-state index contributed by atoms with van der Waals surface area (Å²) >= 11 is 3.45. The van der Waals surface area contributed by atoms with Gasteiger partial charge in [-0.3, -0.25) is 0 Å². The molecule has 0 N–H and O–H groups in total. The van der Waals surface area contributed by atoms with E-state index in [1.54, 1.807) is 6.07 Å². The summed E-state index contributed by atoms with van der Waals surface area (Å²) in [6, 6.07) is 3.50. The van der Waals surface area contributed by atoms with Crippen LogP contribution in [0.25, 0.3) is 0 Å². The molecule has 0 spiro atoms. The van der Waals surface area contributed by atoms with Crippen LogP contribution >= 0.6 is 15.9 Å². The van der Waals surface area contributed by atoms with Crippen LogP contribution in [0.1, 0.15) is 20.7 Å². The van der Waals surface area contributed by atoms with Gasteiger partial charge in [0.2, 0.25) is 6.79 Å². The molecule has 4 nitrogen and oxygen atoms in total. The highest BCUT2D eigenvalue weighted by atomic mass is 79.9. The van der Waals surface area contributed by atoms with Gasteiger partial charge in [0.1, 0.15) is 6.61 Å². The Morgan fingerprint density at radius 3 is 2.73 bits per heavy atom. The highest BCUT2D eigenvalue weighted by molar-refractivity contribution is 9.09. The molecule has 15 heavy (non-hydrogen) atoms. The summed E-state index contributed by atoms with van der Waals surface area (Å²) in [5, 5.41) is 0. The molecule has 2 aliphatic rings. The fraction of sp³-hybridized carbons (Fsp3) is 0.300. The minimum Gasteiger partial charge on any atom is -0.461 e. The number of carbonyl (C=O) groups is 1. The number of alkyl halides is 1. The van der Waals surface area contributed by atoms with Crippen molar-refractivity contribution in [2.45, 2.75) is 4.83 Å². The van der Waals surface area contributed by atoms with E-state index in [1.165, 1.54) is 0 Å². The fourth-order valence-electron chi connectivity index (χ4n) is 1.71. The van der Waals surface area contributed by atoms with Gasteiger partial charge in [-0.05, 0) is 17.7 Å². The zero-order valence-electron chi connectivity index (χ0n) is 7.66. The number of ether oxygens (including phenoxy) is 3. The van der Waals surface area contributed by atoms with Crippen molar-refractivity contribution < 1.29 is 19.0 Å². The first-order chi connectivity index (χ1) is 7.25. The summed E-state index contributed by atoms with van der Waals surface area (Å²) < 4.78 is 15.4. The van der Waals surface area contributed by atoms with Gasteiger partial charge >= 0.3 is 5.97 Å². The van der Waals surface area contributed by atoms with Crippen LogP contribution in [0.4, 0.5) is 0 Å². The molecule has 0 saturated heterocycles. The molecule has 0 aromatic heterocycles. The van der Waals surface area contributed by atoms with Gasteiger partial charge in [0.15, 0.2) is 11.5 Å². The standard InChI is InChI=1S/C10H7BrO4/c11-7-3-13-10(12)6-2-9-8(1-5(6)7)14-4-15-9/h1-2,7H,3-4H2. The van der Waals surface area contributed by atoms with Gasteiger partial charge in [0.05, 0.1) is 10.4 Å². The molecular formula is C10H7BrO4. The molecular weight excluding hydrogens is 264 g/mol. The maximum atomic E-state index is 11.5. The fourth-order valence-corrected chi connectivity index (χ4v) is 2.22. The van der Waals surface area contributed by atoms with Crippen molar-refractivity contribution in [2.24, 2.45) is 0 Å². The van der Waals surface area contributed by atoms with Crippen molar-refractivity contribution >= 4 is 21.9 Å². The topological polar surface area (TPSA) is 44.8 Å². The largest absolute Gasteiger partial charge is 0.461 e. The monoisotopic (exact) mass is 270 g/mol. The number of carbonyl (C=O) groups excluding carboxylic acids is 1. The maximum Gasteiger partial charge on any atom is 0.338 e. The van der Waals surface area contributed by atoms with Gasteiger partial charge in [-0.1, -0.05) is 15.9 Å². The van der Waals surface area contributed by atoms with Gasteiger partial charge in [-0.2, -0.15) is 0 Å². The Kier molecular flexibility index (Phi) is 1.88. The summed E-state index contributed by atoms with van der Waals surface area (Å²) in [5.41, 5.74) is 1.45. The number of halogens is 1. The lowest BCUT2D eigenvalue weighted by Crippen LogP contribution is -2.19. The maximum absolute atomic E-state index is 11.5. The first kappa shape index (κ1) is 9.03. The molecule has 1 aromatic carbocycles. The molecule has 1 unspecified atom stereocenters. The number of rotatable bonds is 0. The average molecular weight is 271 g/mol. The molecule has 3 rings (SSSR count). The Labute approximate surface area is 94.2 Å². The zero-order valence-corrected chi connectivity index (χ0v) is 9.24. The molecule has 1 atom stereocenters. The molecule has 0 fully saturated rings. The van der Waals surface area contributed by atoms with E-state index in [9.17, 15) is 4.79 Å². The van der Waals surface area contributed by atoms with Crippen molar-refractivity contribution in [2.75, 3.05) is 13.4 Å². The van der Waals surface area contributed by atoms with E-state index >= 15 is 0 Å². The molecule has 0 saturated carbocycles. The smallest absolute Gasteiger partial charge is 0.338 e. The first-order valence-electron chi connectivity index (χ1n) is 4.50. The third-order valence-electron chi connectivity index (χ3n) is 2.46. The third-order valence-corrected chi connectivity index (χ3v) is 3.22. The van der Waals surface area contributed by atoms with Crippen LogP contribution in [0, 0.1) is 0 Å². The van der Waals surface area contributed by atoms with Gasteiger partial charge in [0.25, 0.3) is 0 Å². The minimum atomic E-state index is -0.306. The van der Waals surface area contributed by atoms with Gasteiger partial charge in [-0.25, -0.2) is 4.79 Å². The van der Waals surface area contributed by atoms with Crippen LogP contribution in [0.2, 0.25) is 0 Å².